The molecule has 19 heavy (non-hydrogen) atoms. The Kier molecular flexibility index (Phi) is 7.59. The molecule has 0 fully saturated rings. The Bertz CT molecular complexity index is 428. The van der Waals surface area contributed by atoms with Gasteiger partial charge < -0.3 is 5.32 Å². The van der Waals surface area contributed by atoms with E-state index in [0.717, 1.165) is 8.61 Å². The Morgan fingerprint density at radius 3 is 2.42 bits per heavy atom. The summed E-state index contributed by atoms with van der Waals surface area (Å²) in [6, 6.07) is 1.85. The summed E-state index contributed by atoms with van der Waals surface area (Å²) in [6.07, 6.45) is 0.117. The smallest absolute Gasteiger partial charge is 0.282 e. The predicted molar refractivity (Wildman–Crippen MR) is 72.3 cm³/mol. The number of likely N-dealkylation sites (N-methyl/N-ethyl adjacent to an activating group) is 1. The van der Waals surface area contributed by atoms with E-state index < -0.39 is 10.2 Å². The highest BCUT2D eigenvalue weighted by Crippen LogP contribution is 2.06. The van der Waals surface area contributed by atoms with Crippen LogP contribution in [0.2, 0.25) is 0 Å². The van der Waals surface area contributed by atoms with Crippen molar-refractivity contribution in [3.63, 3.8) is 0 Å². The number of rotatable bonds is 8. The van der Waals surface area contributed by atoms with Crippen molar-refractivity contribution >= 4 is 16.1 Å². The molecule has 0 aliphatic carbocycles. The average Bonchev–Trinajstić information content (AvgIpc) is 2.31. The molecule has 0 rings (SSSR count). The van der Waals surface area contributed by atoms with Crippen LogP contribution in [0.1, 0.15) is 27.2 Å². The molecule has 0 aliphatic heterocycles. The second-order valence-electron chi connectivity index (χ2n) is 4.39. The highest BCUT2D eigenvalue weighted by atomic mass is 32.2. The molecular weight excluding hydrogens is 268 g/mol. The normalized spacial score (nSPS) is 11.9. The largest absolute Gasteiger partial charge is 0.353 e. The maximum atomic E-state index is 12.2. The zero-order valence-corrected chi connectivity index (χ0v) is 12.7. The number of nitrogens with zero attached hydrogens (tertiary/aromatic N) is 3. The number of hydrogen-bond donors (Lipinski definition) is 1. The first-order valence-corrected chi connectivity index (χ1v) is 7.53. The van der Waals surface area contributed by atoms with Crippen molar-refractivity contribution < 1.29 is 13.2 Å². The zero-order chi connectivity index (χ0) is 15.1. The second-order valence-corrected chi connectivity index (χ2v) is 6.42. The van der Waals surface area contributed by atoms with Gasteiger partial charge in [-0.25, -0.2) is 0 Å². The molecule has 0 radical (unpaired) electrons. The molecule has 0 aromatic carbocycles. The summed E-state index contributed by atoms with van der Waals surface area (Å²) in [7, 11) is -2.30. The van der Waals surface area contributed by atoms with Gasteiger partial charge in [0.05, 0.1) is 12.6 Å². The SMILES string of the molecule is CCN(CC(=O)NC(C)C)S(=O)(=O)N(C)CCC#N. The molecule has 0 spiro atoms. The molecule has 0 atom stereocenters. The predicted octanol–water partition coefficient (Wildman–Crippen LogP) is -0.0768. The number of carbonyl (C=O) groups is 1. The van der Waals surface area contributed by atoms with Gasteiger partial charge in [0.1, 0.15) is 0 Å². The van der Waals surface area contributed by atoms with E-state index >= 15 is 0 Å². The summed E-state index contributed by atoms with van der Waals surface area (Å²) in [6.45, 7) is 5.38. The van der Waals surface area contributed by atoms with Crippen molar-refractivity contribution in [1.29, 1.82) is 5.26 Å². The van der Waals surface area contributed by atoms with Crippen molar-refractivity contribution in [2.45, 2.75) is 33.2 Å². The van der Waals surface area contributed by atoms with Gasteiger partial charge in [-0.1, -0.05) is 6.92 Å². The van der Waals surface area contributed by atoms with E-state index in [0.29, 0.717) is 0 Å². The van der Waals surface area contributed by atoms with Crippen LogP contribution in [0.3, 0.4) is 0 Å². The standard InChI is InChI=1S/C11H22N4O3S/c1-5-15(9-11(16)13-10(2)3)19(17,18)14(4)8-6-7-12/h10H,5-6,8-9H2,1-4H3,(H,13,16). The van der Waals surface area contributed by atoms with Gasteiger partial charge in [-0.3, -0.25) is 4.79 Å². The first-order chi connectivity index (χ1) is 8.75. The summed E-state index contributed by atoms with van der Waals surface area (Å²) >= 11 is 0. The molecule has 0 aromatic rings. The third kappa shape index (κ3) is 6.00. The van der Waals surface area contributed by atoms with Gasteiger partial charge in [0.2, 0.25) is 5.91 Å². The zero-order valence-electron chi connectivity index (χ0n) is 11.9. The van der Waals surface area contributed by atoms with Crippen LogP contribution in [0.5, 0.6) is 0 Å². The lowest BCUT2D eigenvalue weighted by molar-refractivity contribution is -0.121. The monoisotopic (exact) mass is 290 g/mol. The van der Waals surface area contributed by atoms with E-state index in [9.17, 15) is 13.2 Å². The fourth-order valence-electron chi connectivity index (χ4n) is 1.40. The van der Waals surface area contributed by atoms with Crippen LogP contribution in [-0.4, -0.2) is 55.7 Å². The van der Waals surface area contributed by atoms with Crippen molar-refractivity contribution in [1.82, 2.24) is 13.9 Å². The van der Waals surface area contributed by atoms with Gasteiger partial charge in [0.15, 0.2) is 0 Å². The van der Waals surface area contributed by atoms with Crippen LogP contribution in [-0.2, 0) is 15.0 Å². The molecule has 7 nitrogen and oxygen atoms in total. The van der Waals surface area contributed by atoms with Crippen LogP contribution in [0.25, 0.3) is 0 Å². The van der Waals surface area contributed by atoms with Gasteiger partial charge in [-0.05, 0) is 13.8 Å². The topological polar surface area (TPSA) is 93.5 Å². The molecule has 0 aromatic heterocycles. The van der Waals surface area contributed by atoms with E-state index in [1.807, 2.05) is 19.9 Å². The van der Waals surface area contributed by atoms with Gasteiger partial charge in [0, 0.05) is 32.6 Å². The Morgan fingerprint density at radius 1 is 1.42 bits per heavy atom. The molecular formula is C11H22N4O3S. The number of amides is 1. The Labute approximate surface area is 115 Å². The van der Waals surface area contributed by atoms with Crippen molar-refractivity contribution in [3.8, 4) is 6.07 Å². The lowest BCUT2D eigenvalue weighted by Crippen LogP contribution is -2.47. The summed E-state index contributed by atoms with van der Waals surface area (Å²) < 4.78 is 26.5. The third-order valence-electron chi connectivity index (χ3n) is 2.38. The minimum atomic E-state index is -3.70. The number of carbonyl (C=O) groups excluding carboxylic acids is 1. The number of nitriles is 1. The molecule has 1 N–H and O–H groups in total. The van der Waals surface area contributed by atoms with Crippen molar-refractivity contribution in [3.05, 3.63) is 0 Å². The minimum absolute atomic E-state index is 0.0368. The van der Waals surface area contributed by atoms with Gasteiger partial charge in [-0.15, -0.1) is 0 Å². The molecule has 110 valence electrons. The number of nitrogens with one attached hydrogen (secondary N) is 1. The quantitative estimate of drug-likeness (QED) is 0.677. The first kappa shape index (κ1) is 17.8. The van der Waals surface area contributed by atoms with E-state index in [-0.39, 0.29) is 38.0 Å². The number of hydrogen-bond acceptors (Lipinski definition) is 4. The first-order valence-electron chi connectivity index (χ1n) is 6.13. The average molecular weight is 290 g/mol. The van der Waals surface area contributed by atoms with E-state index in [1.54, 1.807) is 6.92 Å². The van der Waals surface area contributed by atoms with Crippen LogP contribution in [0.15, 0.2) is 0 Å². The van der Waals surface area contributed by atoms with Gasteiger partial charge in [-0.2, -0.15) is 22.3 Å². The van der Waals surface area contributed by atoms with E-state index in [4.69, 9.17) is 5.26 Å². The van der Waals surface area contributed by atoms with Gasteiger partial charge in [0.25, 0.3) is 10.2 Å². The van der Waals surface area contributed by atoms with Crippen molar-refractivity contribution in [2.75, 3.05) is 26.7 Å². The van der Waals surface area contributed by atoms with Crippen LogP contribution in [0, 0.1) is 11.3 Å². The van der Waals surface area contributed by atoms with Crippen LogP contribution < -0.4 is 5.32 Å². The highest BCUT2D eigenvalue weighted by molar-refractivity contribution is 7.86. The summed E-state index contributed by atoms with van der Waals surface area (Å²) in [5, 5.41) is 11.1. The lowest BCUT2D eigenvalue weighted by Gasteiger charge is -2.25. The fourth-order valence-corrected chi connectivity index (χ4v) is 2.73. The summed E-state index contributed by atoms with van der Waals surface area (Å²) in [5.41, 5.74) is 0. The van der Waals surface area contributed by atoms with Crippen LogP contribution in [0.4, 0.5) is 0 Å². The molecule has 0 aliphatic rings. The molecule has 0 unspecified atom stereocenters. The van der Waals surface area contributed by atoms with Crippen molar-refractivity contribution in [2.24, 2.45) is 0 Å². The molecule has 0 heterocycles. The fraction of sp³-hybridized carbons (Fsp3) is 0.818. The Hall–Kier alpha value is -1.17. The minimum Gasteiger partial charge on any atom is -0.353 e. The second kappa shape index (κ2) is 8.09. The molecule has 0 saturated carbocycles. The van der Waals surface area contributed by atoms with E-state index in [1.165, 1.54) is 7.05 Å². The summed E-state index contributed by atoms with van der Waals surface area (Å²) in [5.74, 6) is -0.339. The molecule has 1 amide bonds. The van der Waals surface area contributed by atoms with Gasteiger partial charge >= 0.3 is 0 Å². The maximum absolute atomic E-state index is 12.2. The molecule has 0 saturated heterocycles. The lowest BCUT2D eigenvalue weighted by atomic mass is 10.4. The van der Waals surface area contributed by atoms with Crippen LogP contribution >= 0.6 is 0 Å². The Balaban J connectivity index is 4.75. The molecule has 8 heteroatoms. The highest BCUT2D eigenvalue weighted by Gasteiger charge is 2.27. The third-order valence-corrected chi connectivity index (χ3v) is 4.39. The Morgan fingerprint density at radius 2 is 2.00 bits per heavy atom. The molecule has 0 bridgehead atoms. The summed E-state index contributed by atoms with van der Waals surface area (Å²) in [4.78, 5) is 11.6. The maximum Gasteiger partial charge on any atom is 0.282 e. The van der Waals surface area contributed by atoms with E-state index in [2.05, 4.69) is 5.32 Å².